The van der Waals surface area contributed by atoms with E-state index in [1.807, 2.05) is 84.6 Å². The zero-order valence-electron chi connectivity index (χ0n) is 28.0. The first kappa shape index (κ1) is 33.1. The van der Waals surface area contributed by atoms with Crippen molar-refractivity contribution in [2.75, 3.05) is 26.2 Å². The van der Waals surface area contributed by atoms with Crippen molar-refractivity contribution in [3.8, 4) is 5.06 Å². The second-order valence-electron chi connectivity index (χ2n) is 14.2. The highest BCUT2D eigenvalue weighted by Gasteiger charge is 2.52. The summed E-state index contributed by atoms with van der Waals surface area (Å²) in [6, 6.07) is 27.5. The third kappa shape index (κ3) is 6.25. The number of halogens is 2. The van der Waals surface area contributed by atoms with Crippen LogP contribution < -0.4 is 20.4 Å². The molecule has 2 N–H and O–H groups in total. The Labute approximate surface area is 286 Å². The molecule has 0 radical (unpaired) electrons. The van der Waals surface area contributed by atoms with E-state index in [0.29, 0.717) is 6.42 Å². The monoisotopic (exact) mass is 686 g/mol. The molecule has 0 bridgehead atoms. The molecule has 1 saturated heterocycles. The lowest BCUT2D eigenvalue weighted by atomic mass is 9.92. The number of aromatic amines is 1. The van der Waals surface area contributed by atoms with Crippen LogP contribution in [-0.2, 0) is 10.8 Å². The summed E-state index contributed by atoms with van der Waals surface area (Å²) >= 11 is 1.46. The molecular weight excluding hydrogens is 643 g/mol. The van der Waals surface area contributed by atoms with E-state index in [9.17, 15) is 0 Å². The van der Waals surface area contributed by atoms with Crippen LogP contribution in [0.1, 0.15) is 56.4 Å². The molecule has 7 rings (SSSR count). The van der Waals surface area contributed by atoms with Crippen molar-refractivity contribution in [1.29, 1.82) is 0 Å². The van der Waals surface area contributed by atoms with Crippen molar-refractivity contribution in [2.45, 2.75) is 69.7 Å². The molecule has 48 heavy (non-hydrogen) atoms. The SMILES string of the molecule is C[C@@H]1Cc2c([nH]c3ccccc23)[C@@H](c2ncc(O[C@@H]3CCNC3)s2)N1CC(F)(F)CO[Si](c1ccccc1)(c1ccccc1)C(C)(C)C. The Morgan fingerprint density at radius 3 is 2.27 bits per heavy atom. The maximum Gasteiger partial charge on any atom is 0.282 e. The summed E-state index contributed by atoms with van der Waals surface area (Å²) in [5.74, 6) is -3.14. The van der Waals surface area contributed by atoms with Crippen molar-refractivity contribution in [3.05, 3.63) is 107 Å². The fraction of sp³-hybridized carbons (Fsp3) is 0.395. The molecule has 5 aromatic rings. The van der Waals surface area contributed by atoms with Gasteiger partial charge in [-0.25, -0.2) is 13.8 Å². The van der Waals surface area contributed by atoms with E-state index in [1.54, 1.807) is 6.20 Å². The van der Waals surface area contributed by atoms with E-state index >= 15 is 8.78 Å². The van der Waals surface area contributed by atoms with Crippen molar-refractivity contribution in [2.24, 2.45) is 0 Å². The molecule has 3 atom stereocenters. The first-order chi connectivity index (χ1) is 23.1. The van der Waals surface area contributed by atoms with Gasteiger partial charge >= 0.3 is 0 Å². The van der Waals surface area contributed by atoms with E-state index < -0.39 is 38.5 Å². The first-order valence-corrected chi connectivity index (χ1v) is 19.6. The summed E-state index contributed by atoms with van der Waals surface area (Å²) in [5.41, 5.74) is 3.11. The highest BCUT2D eigenvalue weighted by atomic mass is 32.1. The Kier molecular flexibility index (Phi) is 9.06. The predicted molar refractivity (Wildman–Crippen MR) is 193 cm³/mol. The maximum atomic E-state index is 16.7. The fourth-order valence-corrected chi connectivity index (χ4v) is 13.2. The lowest BCUT2D eigenvalue weighted by Crippen LogP contribution is -2.67. The van der Waals surface area contributed by atoms with Gasteiger partial charge in [-0.05, 0) is 53.4 Å². The topological polar surface area (TPSA) is 62.4 Å². The number of hydrogen-bond donors (Lipinski definition) is 2. The van der Waals surface area contributed by atoms with Crippen molar-refractivity contribution in [3.63, 3.8) is 0 Å². The predicted octanol–water partition coefficient (Wildman–Crippen LogP) is 6.91. The number of nitrogens with zero attached hydrogens (tertiary/aromatic N) is 2. The molecule has 0 amide bonds. The van der Waals surface area contributed by atoms with E-state index in [-0.39, 0.29) is 12.1 Å². The van der Waals surface area contributed by atoms with Gasteiger partial charge in [-0.15, -0.1) is 0 Å². The van der Waals surface area contributed by atoms with E-state index in [0.717, 1.165) is 56.6 Å². The molecule has 0 spiro atoms. The number of hydrogen-bond acceptors (Lipinski definition) is 6. The van der Waals surface area contributed by atoms with Gasteiger partial charge in [0.1, 0.15) is 17.2 Å². The molecule has 1 fully saturated rings. The number of H-pyrrole nitrogens is 1. The molecule has 6 nitrogen and oxygen atoms in total. The third-order valence-corrected chi connectivity index (χ3v) is 15.8. The average Bonchev–Trinajstić information content (AvgIpc) is 3.83. The van der Waals surface area contributed by atoms with Crippen LogP contribution in [0.3, 0.4) is 0 Å². The normalized spacial score (nSPS) is 20.7. The standard InChI is InChI=1S/C38H44F2N4O2SSi/c1-26-21-31-30-17-11-12-18-32(30)43-34(31)35(36-42-23-33(47-36)46-27-19-20-41-22-27)44(26)24-38(39,40)25-45-48(37(2,3)4,28-13-7-5-8-14-28)29-15-9-6-10-16-29/h5-18,23,26-27,35,41,43H,19-22,24-25H2,1-4H3/t26-,27-,35+/m1/s1. The Hall–Kier alpha value is -3.41. The van der Waals surface area contributed by atoms with Crippen LogP contribution in [0.25, 0.3) is 10.9 Å². The molecule has 2 aromatic heterocycles. The molecule has 0 unspecified atom stereocenters. The van der Waals surface area contributed by atoms with E-state index in [1.165, 1.54) is 16.9 Å². The van der Waals surface area contributed by atoms with Crippen LogP contribution in [0.5, 0.6) is 5.06 Å². The number of ether oxygens (including phenoxy) is 1. The third-order valence-electron chi connectivity index (χ3n) is 9.88. The van der Waals surface area contributed by atoms with Gasteiger partial charge in [-0.2, -0.15) is 0 Å². The average molecular weight is 687 g/mol. The number of benzene rings is 3. The van der Waals surface area contributed by atoms with Gasteiger partial charge in [0.15, 0.2) is 5.06 Å². The highest BCUT2D eigenvalue weighted by molar-refractivity contribution is 7.13. The van der Waals surface area contributed by atoms with Crippen molar-refractivity contribution >= 4 is 40.9 Å². The summed E-state index contributed by atoms with van der Waals surface area (Å²) in [7, 11) is -3.15. The number of rotatable bonds is 10. The van der Waals surface area contributed by atoms with E-state index in [2.05, 4.69) is 43.2 Å². The summed E-state index contributed by atoms with van der Waals surface area (Å²) in [6.45, 7) is 8.96. The second kappa shape index (κ2) is 13.1. The van der Waals surface area contributed by atoms with Gasteiger partial charge in [-0.1, -0.05) is 111 Å². The zero-order chi connectivity index (χ0) is 33.5. The smallest absolute Gasteiger partial charge is 0.282 e. The fourth-order valence-electron chi connectivity index (χ4n) is 7.65. The molecule has 2 aliphatic heterocycles. The minimum atomic E-state index is -3.15. The van der Waals surface area contributed by atoms with Gasteiger partial charge in [0.2, 0.25) is 0 Å². The minimum absolute atomic E-state index is 0.0891. The Balaban J connectivity index is 1.23. The minimum Gasteiger partial charge on any atom is -0.478 e. The second-order valence-corrected chi connectivity index (χ2v) is 19.6. The first-order valence-electron chi connectivity index (χ1n) is 16.9. The largest absolute Gasteiger partial charge is 0.478 e. The van der Waals surface area contributed by atoms with Gasteiger partial charge in [0.05, 0.1) is 19.3 Å². The molecule has 3 aromatic carbocycles. The number of alkyl halides is 2. The number of aromatic nitrogens is 2. The van der Waals surface area contributed by atoms with Crippen molar-refractivity contribution < 1.29 is 17.9 Å². The Morgan fingerprint density at radius 1 is 0.958 bits per heavy atom. The summed E-state index contributed by atoms with van der Waals surface area (Å²) in [6.07, 6.45) is 3.43. The van der Waals surface area contributed by atoms with Crippen molar-refractivity contribution in [1.82, 2.24) is 20.2 Å². The van der Waals surface area contributed by atoms with E-state index in [4.69, 9.17) is 14.1 Å². The molecule has 0 aliphatic carbocycles. The zero-order valence-corrected chi connectivity index (χ0v) is 29.8. The van der Waals surface area contributed by atoms with Gasteiger partial charge in [0.25, 0.3) is 14.2 Å². The highest BCUT2D eigenvalue weighted by Crippen LogP contribution is 2.44. The molecule has 0 saturated carbocycles. The van der Waals surface area contributed by atoms with Gasteiger partial charge < -0.3 is 19.5 Å². The summed E-state index contributed by atoms with van der Waals surface area (Å²) in [5, 5.41) is 7.50. The molecule has 252 valence electrons. The molecule has 10 heteroatoms. The molecule has 2 aliphatic rings. The molecular formula is C38H44F2N4O2SSi. The maximum absolute atomic E-state index is 16.7. The quantitative estimate of drug-likeness (QED) is 0.156. The summed E-state index contributed by atoms with van der Waals surface area (Å²) in [4.78, 5) is 10.3. The van der Waals surface area contributed by atoms with Crippen LogP contribution in [0.2, 0.25) is 5.04 Å². The lowest BCUT2D eigenvalue weighted by Gasteiger charge is -2.45. The number of fused-ring (bicyclic) bond motifs is 3. The number of nitrogens with one attached hydrogen (secondary N) is 2. The Morgan fingerprint density at radius 2 is 1.62 bits per heavy atom. The number of thiazole rings is 1. The Bertz CT molecular complexity index is 1800. The summed E-state index contributed by atoms with van der Waals surface area (Å²) < 4.78 is 46.4. The van der Waals surface area contributed by atoms with Crippen LogP contribution in [0.4, 0.5) is 8.78 Å². The van der Waals surface area contributed by atoms with Crippen LogP contribution in [0.15, 0.2) is 91.1 Å². The van der Waals surface area contributed by atoms with Gasteiger partial charge in [-0.3, -0.25) is 4.90 Å². The van der Waals surface area contributed by atoms with Crippen LogP contribution in [0, 0.1) is 0 Å². The van der Waals surface area contributed by atoms with Crippen LogP contribution in [-0.4, -0.2) is 67.5 Å². The van der Waals surface area contributed by atoms with Gasteiger partial charge in [0, 0.05) is 29.2 Å². The van der Waals surface area contributed by atoms with Crippen LogP contribution >= 0.6 is 11.3 Å². The molecule has 4 heterocycles. The number of para-hydroxylation sites is 1. The lowest BCUT2D eigenvalue weighted by molar-refractivity contribution is -0.0820.